The highest BCUT2D eigenvalue weighted by atomic mass is 16.2. The average molecular weight is 204 g/mol. The Morgan fingerprint density at radius 3 is 3.07 bits per heavy atom. The third kappa shape index (κ3) is 2.92. The fourth-order valence-corrected chi connectivity index (χ4v) is 1.42. The largest absolute Gasteiger partial charge is 0.515 e. The van der Waals surface area contributed by atoms with Gasteiger partial charge in [-0.3, -0.25) is 4.99 Å². The van der Waals surface area contributed by atoms with E-state index in [-0.39, 0.29) is 6.04 Å². The molecule has 1 unspecified atom stereocenters. The van der Waals surface area contributed by atoms with E-state index >= 15 is 0 Å². The molecule has 0 saturated carbocycles. The van der Waals surface area contributed by atoms with Gasteiger partial charge in [0.2, 0.25) is 0 Å². The van der Waals surface area contributed by atoms with Gasteiger partial charge in [-0.2, -0.15) is 0 Å². The van der Waals surface area contributed by atoms with Crippen LogP contribution in [0.5, 0.6) is 0 Å². The molecule has 3 nitrogen and oxygen atoms in total. The lowest BCUT2D eigenvalue weighted by Crippen LogP contribution is -2.34. The van der Waals surface area contributed by atoms with Crippen LogP contribution in [-0.2, 0) is 0 Å². The van der Waals surface area contributed by atoms with Gasteiger partial charge in [0.25, 0.3) is 0 Å². The van der Waals surface area contributed by atoms with Crippen molar-refractivity contribution >= 4 is 5.71 Å². The van der Waals surface area contributed by atoms with Gasteiger partial charge in [-0.25, -0.2) is 0 Å². The third-order valence-corrected chi connectivity index (χ3v) is 2.20. The monoisotopic (exact) mass is 204 g/mol. The van der Waals surface area contributed by atoms with E-state index in [0.717, 1.165) is 12.0 Å². The molecule has 0 aliphatic carbocycles. The molecule has 80 valence electrons. The topological polar surface area (TPSA) is 44.6 Å². The SMILES string of the molecule is C=C/C(=C/O)C(NC)C1=NCC=CC=C1. The van der Waals surface area contributed by atoms with Crippen LogP contribution >= 0.6 is 0 Å². The molecule has 0 spiro atoms. The van der Waals surface area contributed by atoms with Crippen LogP contribution in [0.15, 0.2) is 53.8 Å². The van der Waals surface area contributed by atoms with Gasteiger partial charge < -0.3 is 10.4 Å². The first-order chi connectivity index (χ1) is 7.33. The molecular formula is C12H16N2O. The van der Waals surface area contributed by atoms with Crippen molar-refractivity contribution in [1.82, 2.24) is 5.32 Å². The first kappa shape index (κ1) is 11.5. The minimum atomic E-state index is -0.108. The summed E-state index contributed by atoms with van der Waals surface area (Å²) in [5.74, 6) is 0. The van der Waals surface area contributed by atoms with Crippen LogP contribution in [0, 0.1) is 0 Å². The Morgan fingerprint density at radius 1 is 1.67 bits per heavy atom. The number of aliphatic hydroxyl groups excluding tert-OH is 1. The minimum Gasteiger partial charge on any atom is -0.515 e. The number of allylic oxidation sites excluding steroid dienone is 2. The van der Waals surface area contributed by atoms with Crippen LogP contribution in [0.25, 0.3) is 0 Å². The predicted octanol–water partition coefficient (Wildman–Crippen LogP) is 1.77. The standard InChI is InChI=1S/C12H16N2O/c1-3-10(9-15)12(13-2)11-7-5-4-6-8-14-11/h3-7,9,12-13,15H,1,8H2,2H3/b10-9-. The van der Waals surface area contributed by atoms with Crippen LogP contribution in [0.4, 0.5) is 0 Å². The Morgan fingerprint density at radius 2 is 2.47 bits per heavy atom. The number of likely N-dealkylation sites (N-methyl/N-ethyl adjacent to an activating group) is 1. The zero-order valence-electron chi connectivity index (χ0n) is 8.85. The molecule has 1 heterocycles. The summed E-state index contributed by atoms with van der Waals surface area (Å²) in [4.78, 5) is 4.39. The first-order valence-corrected chi connectivity index (χ1v) is 4.85. The van der Waals surface area contributed by atoms with Gasteiger partial charge in [0.15, 0.2) is 0 Å². The number of hydrogen-bond donors (Lipinski definition) is 2. The van der Waals surface area contributed by atoms with Crippen LogP contribution in [0.2, 0.25) is 0 Å². The lowest BCUT2D eigenvalue weighted by Gasteiger charge is -2.16. The van der Waals surface area contributed by atoms with Gasteiger partial charge in [-0.05, 0) is 13.1 Å². The Balaban J connectivity index is 2.92. The van der Waals surface area contributed by atoms with E-state index in [1.165, 1.54) is 0 Å². The van der Waals surface area contributed by atoms with Gasteiger partial charge in [0.05, 0.1) is 24.6 Å². The van der Waals surface area contributed by atoms with E-state index in [0.29, 0.717) is 12.1 Å². The number of aliphatic imine (C=N–C) groups is 1. The minimum absolute atomic E-state index is 0.108. The summed E-state index contributed by atoms with van der Waals surface area (Å²) in [5, 5.41) is 12.2. The fraction of sp³-hybridized carbons (Fsp3) is 0.250. The van der Waals surface area contributed by atoms with Crippen molar-refractivity contribution in [1.29, 1.82) is 0 Å². The number of rotatable bonds is 4. The van der Waals surface area contributed by atoms with Crippen LogP contribution < -0.4 is 5.32 Å². The van der Waals surface area contributed by atoms with E-state index in [4.69, 9.17) is 5.11 Å². The average Bonchev–Trinajstić information content (AvgIpc) is 2.54. The summed E-state index contributed by atoms with van der Waals surface area (Å²) >= 11 is 0. The summed E-state index contributed by atoms with van der Waals surface area (Å²) in [6, 6.07) is -0.108. The van der Waals surface area contributed by atoms with Crippen molar-refractivity contribution in [3.8, 4) is 0 Å². The maximum absolute atomic E-state index is 9.06. The molecule has 3 heteroatoms. The van der Waals surface area contributed by atoms with E-state index < -0.39 is 0 Å². The van der Waals surface area contributed by atoms with Crippen molar-refractivity contribution in [2.75, 3.05) is 13.6 Å². The van der Waals surface area contributed by atoms with Crippen molar-refractivity contribution in [2.24, 2.45) is 4.99 Å². The fourth-order valence-electron chi connectivity index (χ4n) is 1.42. The Labute approximate surface area is 90.2 Å². The van der Waals surface area contributed by atoms with Gasteiger partial charge in [-0.1, -0.05) is 30.9 Å². The quantitative estimate of drug-likeness (QED) is 0.541. The summed E-state index contributed by atoms with van der Waals surface area (Å²) in [5.41, 5.74) is 1.60. The van der Waals surface area contributed by atoms with Gasteiger partial charge in [0.1, 0.15) is 0 Å². The molecular weight excluding hydrogens is 188 g/mol. The van der Waals surface area contributed by atoms with Crippen molar-refractivity contribution in [3.05, 3.63) is 48.8 Å². The normalized spacial score (nSPS) is 18.2. The van der Waals surface area contributed by atoms with E-state index in [2.05, 4.69) is 16.9 Å². The Bertz CT molecular complexity index is 338. The summed E-state index contributed by atoms with van der Waals surface area (Å²) in [7, 11) is 1.83. The summed E-state index contributed by atoms with van der Waals surface area (Å²) < 4.78 is 0. The van der Waals surface area contributed by atoms with Gasteiger partial charge >= 0.3 is 0 Å². The second kappa shape index (κ2) is 5.98. The zero-order valence-corrected chi connectivity index (χ0v) is 8.85. The lowest BCUT2D eigenvalue weighted by atomic mass is 10.0. The second-order valence-electron chi connectivity index (χ2n) is 3.11. The zero-order chi connectivity index (χ0) is 11.1. The molecule has 0 saturated heterocycles. The van der Waals surface area contributed by atoms with Gasteiger partial charge in [-0.15, -0.1) is 0 Å². The van der Waals surface area contributed by atoms with Crippen LogP contribution in [0.1, 0.15) is 0 Å². The van der Waals surface area contributed by atoms with Gasteiger partial charge in [0, 0.05) is 5.57 Å². The molecule has 1 atom stereocenters. The van der Waals surface area contributed by atoms with Crippen molar-refractivity contribution < 1.29 is 5.11 Å². The summed E-state index contributed by atoms with van der Waals surface area (Å²) in [6.07, 6.45) is 10.5. The molecule has 1 aliphatic heterocycles. The van der Waals surface area contributed by atoms with E-state index in [9.17, 15) is 0 Å². The molecule has 2 N–H and O–H groups in total. The molecule has 0 aromatic rings. The molecule has 0 aromatic heterocycles. The number of nitrogens with one attached hydrogen (secondary N) is 1. The first-order valence-electron chi connectivity index (χ1n) is 4.85. The summed E-state index contributed by atoms with van der Waals surface area (Å²) in [6.45, 7) is 4.32. The molecule has 0 radical (unpaired) electrons. The Hall–Kier alpha value is -1.61. The molecule has 15 heavy (non-hydrogen) atoms. The molecule has 0 amide bonds. The van der Waals surface area contributed by atoms with Crippen LogP contribution in [0.3, 0.4) is 0 Å². The highest BCUT2D eigenvalue weighted by Crippen LogP contribution is 2.07. The Kier molecular flexibility index (Phi) is 4.57. The highest BCUT2D eigenvalue weighted by molar-refractivity contribution is 6.02. The van der Waals surface area contributed by atoms with Crippen molar-refractivity contribution in [2.45, 2.75) is 6.04 Å². The molecule has 0 fully saturated rings. The lowest BCUT2D eigenvalue weighted by molar-refractivity contribution is 0.465. The number of aliphatic hydroxyl groups is 1. The molecule has 1 aliphatic rings. The van der Waals surface area contributed by atoms with E-state index in [1.807, 2.05) is 31.4 Å². The molecule has 0 aromatic carbocycles. The molecule has 0 bridgehead atoms. The highest BCUT2D eigenvalue weighted by Gasteiger charge is 2.14. The smallest absolute Gasteiger partial charge is 0.0843 e. The molecule has 1 rings (SSSR count). The maximum atomic E-state index is 9.06. The van der Waals surface area contributed by atoms with E-state index in [1.54, 1.807) is 6.08 Å². The van der Waals surface area contributed by atoms with Crippen LogP contribution in [-0.4, -0.2) is 30.5 Å². The maximum Gasteiger partial charge on any atom is 0.0843 e. The predicted molar refractivity (Wildman–Crippen MR) is 64.3 cm³/mol. The second-order valence-corrected chi connectivity index (χ2v) is 3.11. The number of nitrogens with zero attached hydrogens (tertiary/aromatic N) is 1. The number of hydrogen-bond acceptors (Lipinski definition) is 3. The third-order valence-electron chi connectivity index (χ3n) is 2.20. The van der Waals surface area contributed by atoms with Crippen molar-refractivity contribution in [3.63, 3.8) is 0 Å².